The SMILES string of the molecule is CCNC(c1csc(I)c1)c1ncccc1OC. The van der Waals surface area contributed by atoms with Crippen molar-refractivity contribution in [2.24, 2.45) is 0 Å². The van der Waals surface area contributed by atoms with E-state index >= 15 is 0 Å². The minimum atomic E-state index is 0.0888. The Kier molecular flexibility index (Phi) is 4.96. The average Bonchev–Trinajstić information content (AvgIpc) is 2.82. The highest BCUT2D eigenvalue weighted by Gasteiger charge is 2.19. The van der Waals surface area contributed by atoms with Gasteiger partial charge in [0, 0.05) is 6.20 Å². The molecule has 2 heterocycles. The van der Waals surface area contributed by atoms with Gasteiger partial charge in [0.05, 0.1) is 16.0 Å². The molecule has 0 radical (unpaired) electrons. The van der Waals surface area contributed by atoms with E-state index < -0.39 is 0 Å². The molecule has 1 atom stereocenters. The van der Waals surface area contributed by atoms with Gasteiger partial charge in [-0.3, -0.25) is 4.98 Å². The molecule has 0 aliphatic heterocycles. The highest BCUT2D eigenvalue weighted by atomic mass is 127. The van der Waals surface area contributed by atoms with E-state index in [-0.39, 0.29) is 6.04 Å². The summed E-state index contributed by atoms with van der Waals surface area (Å²) in [6.45, 7) is 2.98. The lowest BCUT2D eigenvalue weighted by molar-refractivity contribution is 0.400. The number of nitrogens with zero attached hydrogens (tertiary/aromatic N) is 1. The summed E-state index contributed by atoms with van der Waals surface area (Å²) >= 11 is 4.08. The van der Waals surface area contributed by atoms with Gasteiger partial charge in [-0.1, -0.05) is 6.92 Å². The van der Waals surface area contributed by atoms with Crippen LogP contribution in [0.15, 0.2) is 29.8 Å². The fourth-order valence-corrected chi connectivity index (χ4v) is 3.24. The third-order valence-electron chi connectivity index (χ3n) is 2.62. The summed E-state index contributed by atoms with van der Waals surface area (Å²) in [6.07, 6.45) is 1.81. The first kappa shape index (κ1) is 13.8. The molecule has 0 saturated heterocycles. The largest absolute Gasteiger partial charge is 0.495 e. The zero-order valence-corrected chi connectivity index (χ0v) is 13.3. The molecule has 2 aromatic heterocycles. The second-order valence-electron chi connectivity index (χ2n) is 3.77. The summed E-state index contributed by atoms with van der Waals surface area (Å²) in [5.74, 6) is 0.824. The first-order valence-electron chi connectivity index (χ1n) is 5.72. The van der Waals surface area contributed by atoms with Crippen molar-refractivity contribution in [3.05, 3.63) is 43.9 Å². The first-order valence-corrected chi connectivity index (χ1v) is 7.68. The molecule has 0 fully saturated rings. The number of pyridine rings is 1. The Morgan fingerprint density at radius 2 is 2.39 bits per heavy atom. The van der Waals surface area contributed by atoms with Gasteiger partial charge in [-0.25, -0.2) is 0 Å². The molecule has 1 N–H and O–H groups in total. The van der Waals surface area contributed by atoms with Gasteiger partial charge < -0.3 is 10.1 Å². The molecule has 0 amide bonds. The fraction of sp³-hybridized carbons (Fsp3) is 0.308. The van der Waals surface area contributed by atoms with Crippen LogP contribution < -0.4 is 10.1 Å². The quantitative estimate of drug-likeness (QED) is 0.815. The normalized spacial score (nSPS) is 12.4. The molecule has 5 heteroatoms. The first-order chi connectivity index (χ1) is 8.76. The Labute approximate surface area is 125 Å². The molecule has 2 rings (SSSR count). The number of hydrogen-bond acceptors (Lipinski definition) is 4. The van der Waals surface area contributed by atoms with Crippen LogP contribution in [0.2, 0.25) is 0 Å². The maximum absolute atomic E-state index is 5.40. The van der Waals surface area contributed by atoms with Gasteiger partial charge in [0.2, 0.25) is 0 Å². The lowest BCUT2D eigenvalue weighted by atomic mass is 10.1. The highest BCUT2D eigenvalue weighted by molar-refractivity contribution is 14.1. The summed E-state index contributed by atoms with van der Waals surface area (Å²) in [4.78, 5) is 4.47. The van der Waals surface area contributed by atoms with E-state index in [2.05, 4.69) is 51.3 Å². The third kappa shape index (κ3) is 3.02. The molecule has 0 saturated carbocycles. The summed E-state index contributed by atoms with van der Waals surface area (Å²) in [7, 11) is 1.68. The topological polar surface area (TPSA) is 34.2 Å². The predicted octanol–water partition coefficient (Wildman–Crippen LogP) is 3.46. The number of hydrogen-bond donors (Lipinski definition) is 1. The molecule has 3 nitrogen and oxygen atoms in total. The van der Waals surface area contributed by atoms with Gasteiger partial charge in [-0.2, -0.15) is 0 Å². The average molecular weight is 374 g/mol. The van der Waals surface area contributed by atoms with Crippen LogP contribution >= 0.6 is 33.9 Å². The van der Waals surface area contributed by atoms with Crippen LogP contribution in [-0.2, 0) is 0 Å². The molecular weight excluding hydrogens is 359 g/mol. The number of ether oxygens (including phenoxy) is 1. The van der Waals surface area contributed by atoms with Crippen LogP contribution in [0.3, 0.4) is 0 Å². The van der Waals surface area contributed by atoms with Crippen LogP contribution in [0.5, 0.6) is 5.75 Å². The van der Waals surface area contributed by atoms with Crippen LogP contribution in [0, 0.1) is 2.88 Å². The molecule has 2 aromatic rings. The highest BCUT2D eigenvalue weighted by Crippen LogP contribution is 2.30. The van der Waals surface area contributed by atoms with Crippen molar-refractivity contribution in [3.8, 4) is 5.75 Å². The molecule has 0 spiro atoms. The van der Waals surface area contributed by atoms with Crippen molar-refractivity contribution in [1.29, 1.82) is 0 Å². The van der Waals surface area contributed by atoms with Gasteiger partial charge in [0.25, 0.3) is 0 Å². The number of rotatable bonds is 5. The summed E-state index contributed by atoms with van der Waals surface area (Å²) < 4.78 is 6.68. The maximum atomic E-state index is 5.40. The molecule has 0 aliphatic carbocycles. The monoisotopic (exact) mass is 374 g/mol. The number of thiophene rings is 1. The Balaban J connectivity index is 2.41. The predicted molar refractivity (Wildman–Crippen MR) is 83.3 cm³/mol. The minimum absolute atomic E-state index is 0.0888. The number of halogens is 1. The minimum Gasteiger partial charge on any atom is -0.495 e. The van der Waals surface area contributed by atoms with Gasteiger partial charge in [0.15, 0.2) is 0 Å². The van der Waals surface area contributed by atoms with E-state index in [1.165, 1.54) is 8.45 Å². The number of nitrogens with one attached hydrogen (secondary N) is 1. The van der Waals surface area contributed by atoms with E-state index in [1.807, 2.05) is 12.1 Å². The Morgan fingerprint density at radius 1 is 1.56 bits per heavy atom. The van der Waals surface area contributed by atoms with Crippen LogP contribution in [0.4, 0.5) is 0 Å². The maximum Gasteiger partial charge on any atom is 0.142 e. The smallest absolute Gasteiger partial charge is 0.142 e. The van der Waals surface area contributed by atoms with Gasteiger partial charge in [-0.15, -0.1) is 11.3 Å². The molecule has 0 aliphatic rings. The summed E-state index contributed by atoms with van der Waals surface area (Å²) in [5, 5.41) is 5.63. The van der Waals surface area contributed by atoms with Crippen molar-refractivity contribution in [1.82, 2.24) is 10.3 Å². The second-order valence-corrected chi connectivity index (χ2v) is 6.57. The molecule has 0 aromatic carbocycles. The molecule has 1 unspecified atom stereocenters. The van der Waals surface area contributed by atoms with Gasteiger partial charge >= 0.3 is 0 Å². The molecule has 0 bridgehead atoms. The van der Waals surface area contributed by atoms with Crippen LogP contribution in [0.25, 0.3) is 0 Å². The lowest BCUT2D eigenvalue weighted by Crippen LogP contribution is -2.23. The zero-order chi connectivity index (χ0) is 13.0. The van der Waals surface area contributed by atoms with E-state index in [0.29, 0.717) is 0 Å². The van der Waals surface area contributed by atoms with Crippen LogP contribution in [-0.4, -0.2) is 18.6 Å². The van der Waals surface area contributed by atoms with Gasteiger partial charge in [-0.05, 0) is 58.3 Å². The second kappa shape index (κ2) is 6.49. The van der Waals surface area contributed by atoms with E-state index in [9.17, 15) is 0 Å². The van der Waals surface area contributed by atoms with Crippen molar-refractivity contribution in [2.75, 3.05) is 13.7 Å². The van der Waals surface area contributed by atoms with Crippen molar-refractivity contribution in [2.45, 2.75) is 13.0 Å². The Bertz CT molecular complexity index is 515. The molecular formula is C13H15IN2OS. The van der Waals surface area contributed by atoms with Crippen LogP contribution in [0.1, 0.15) is 24.2 Å². The molecule has 96 valence electrons. The fourth-order valence-electron chi connectivity index (χ4n) is 1.84. The van der Waals surface area contributed by atoms with Crippen molar-refractivity contribution >= 4 is 33.9 Å². The number of aromatic nitrogens is 1. The van der Waals surface area contributed by atoms with Crippen molar-refractivity contribution < 1.29 is 4.74 Å². The summed E-state index contributed by atoms with van der Waals surface area (Å²) in [5.41, 5.74) is 2.18. The van der Waals surface area contributed by atoms with Crippen molar-refractivity contribution in [3.63, 3.8) is 0 Å². The lowest BCUT2D eigenvalue weighted by Gasteiger charge is -2.18. The third-order valence-corrected chi connectivity index (χ3v) is 4.43. The van der Waals surface area contributed by atoms with E-state index in [0.717, 1.165) is 18.0 Å². The zero-order valence-electron chi connectivity index (χ0n) is 10.3. The van der Waals surface area contributed by atoms with E-state index in [4.69, 9.17) is 4.74 Å². The van der Waals surface area contributed by atoms with E-state index in [1.54, 1.807) is 24.6 Å². The Hall–Kier alpha value is -0.660. The Morgan fingerprint density at radius 3 is 3.00 bits per heavy atom. The number of methoxy groups -OCH3 is 1. The summed E-state index contributed by atoms with van der Waals surface area (Å²) in [6, 6.07) is 6.12. The standard InChI is InChI=1S/C13H15IN2OS/c1-3-15-12(9-7-11(14)18-8-9)13-10(17-2)5-4-6-16-13/h4-8,12,15H,3H2,1-2H3. The van der Waals surface area contributed by atoms with Gasteiger partial charge in [0.1, 0.15) is 11.4 Å². The molecule has 18 heavy (non-hydrogen) atoms.